The first-order valence-corrected chi connectivity index (χ1v) is 6.91. The molecule has 1 aromatic rings. The van der Waals surface area contributed by atoms with Crippen molar-refractivity contribution in [3.05, 3.63) is 17.6 Å². The van der Waals surface area contributed by atoms with Crippen LogP contribution in [-0.4, -0.2) is 36.2 Å². The number of aryl methyl sites for hydroxylation is 1. The molecule has 1 fully saturated rings. The highest BCUT2D eigenvalue weighted by atomic mass is 16.5. The zero-order valence-electron chi connectivity index (χ0n) is 12.0. The molecule has 0 bridgehead atoms. The molecule has 1 aliphatic rings. The highest BCUT2D eigenvalue weighted by Crippen LogP contribution is 2.31. The third-order valence-electron chi connectivity index (χ3n) is 3.76. The summed E-state index contributed by atoms with van der Waals surface area (Å²) in [6, 6.07) is 1.72. The first kappa shape index (κ1) is 14.7. The summed E-state index contributed by atoms with van der Waals surface area (Å²) in [6.45, 7) is 3.07. The fourth-order valence-corrected chi connectivity index (χ4v) is 2.63. The number of hydrogen-bond donors (Lipinski definition) is 1. The van der Waals surface area contributed by atoms with Crippen LogP contribution in [0, 0.1) is 18.8 Å². The molecule has 0 radical (unpaired) electrons. The van der Waals surface area contributed by atoms with Crippen LogP contribution in [0.15, 0.2) is 6.07 Å². The van der Waals surface area contributed by atoms with Gasteiger partial charge >= 0.3 is 5.97 Å². The predicted molar refractivity (Wildman–Crippen MR) is 73.5 cm³/mol. The smallest absolute Gasteiger partial charge is 0.376 e. The molecule has 0 aliphatic heterocycles. The molecule has 0 saturated heterocycles. The predicted octanol–water partition coefficient (Wildman–Crippen LogP) is 1.33. The largest absolute Gasteiger partial charge is 0.477 e. The van der Waals surface area contributed by atoms with E-state index in [1.165, 1.54) is 20.0 Å². The van der Waals surface area contributed by atoms with Crippen molar-refractivity contribution in [2.75, 3.05) is 20.3 Å². The minimum Gasteiger partial charge on any atom is -0.477 e. The Morgan fingerprint density at radius 2 is 2.15 bits per heavy atom. The Bertz CT molecular complexity index is 479. The maximum absolute atomic E-state index is 11.5. The number of carbonyl (C=O) groups is 1. The molecule has 2 rings (SSSR count). The van der Waals surface area contributed by atoms with E-state index in [1.807, 2.05) is 0 Å². The summed E-state index contributed by atoms with van der Waals surface area (Å²) < 4.78 is 10.3. The first-order valence-electron chi connectivity index (χ1n) is 6.91. The number of nitrogens with zero attached hydrogens (tertiary/aromatic N) is 2. The average Bonchev–Trinajstić information content (AvgIpc) is 2.91. The number of ether oxygens (including phenoxy) is 2. The monoisotopic (exact) mass is 279 g/mol. The third-order valence-corrected chi connectivity index (χ3v) is 3.76. The van der Waals surface area contributed by atoms with Gasteiger partial charge in [-0.2, -0.15) is 4.98 Å². The fourth-order valence-electron chi connectivity index (χ4n) is 2.63. The SMILES string of the molecule is COC(=O)c1nc(C)cc(OCC2CCCC2CN)n1. The molecule has 2 unspecified atom stereocenters. The van der Waals surface area contributed by atoms with Crippen molar-refractivity contribution < 1.29 is 14.3 Å². The normalized spacial score (nSPS) is 21.8. The Labute approximate surface area is 118 Å². The van der Waals surface area contributed by atoms with Crippen LogP contribution in [0.4, 0.5) is 0 Å². The van der Waals surface area contributed by atoms with Crippen molar-refractivity contribution in [1.29, 1.82) is 0 Å². The average molecular weight is 279 g/mol. The summed E-state index contributed by atoms with van der Waals surface area (Å²) >= 11 is 0. The zero-order chi connectivity index (χ0) is 14.5. The van der Waals surface area contributed by atoms with Gasteiger partial charge in [0, 0.05) is 11.8 Å². The highest BCUT2D eigenvalue weighted by Gasteiger charge is 2.26. The van der Waals surface area contributed by atoms with Crippen molar-refractivity contribution in [3.8, 4) is 5.88 Å². The second kappa shape index (κ2) is 6.65. The van der Waals surface area contributed by atoms with E-state index >= 15 is 0 Å². The molecule has 6 heteroatoms. The van der Waals surface area contributed by atoms with Crippen LogP contribution < -0.4 is 10.5 Å². The quantitative estimate of drug-likeness (QED) is 0.818. The Morgan fingerprint density at radius 1 is 1.40 bits per heavy atom. The summed E-state index contributed by atoms with van der Waals surface area (Å²) in [5.74, 6) is 0.888. The van der Waals surface area contributed by atoms with E-state index in [9.17, 15) is 4.79 Å². The molecule has 1 aromatic heterocycles. The lowest BCUT2D eigenvalue weighted by molar-refractivity contribution is 0.0584. The van der Waals surface area contributed by atoms with E-state index in [-0.39, 0.29) is 5.82 Å². The van der Waals surface area contributed by atoms with Gasteiger partial charge in [-0.1, -0.05) is 6.42 Å². The fraction of sp³-hybridized carbons (Fsp3) is 0.643. The number of esters is 1. The Balaban J connectivity index is 2.02. The van der Waals surface area contributed by atoms with Crippen LogP contribution in [0.25, 0.3) is 0 Å². The number of aromatic nitrogens is 2. The Morgan fingerprint density at radius 3 is 2.85 bits per heavy atom. The lowest BCUT2D eigenvalue weighted by Crippen LogP contribution is -2.23. The van der Waals surface area contributed by atoms with Gasteiger partial charge < -0.3 is 15.2 Å². The molecule has 110 valence electrons. The molecule has 0 aromatic carbocycles. The van der Waals surface area contributed by atoms with Gasteiger partial charge in [0.15, 0.2) is 0 Å². The van der Waals surface area contributed by atoms with E-state index in [4.69, 9.17) is 10.5 Å². The van der Waals surface area contributed by atoms with Crippen LogP contribution in [0.5, 0.6) is 5.88 Å². The van der Waals surface area contributed by atoms with E-state index in [0.717, 1.165) is 6.42 Å². The molecular weight excluding hydrogens is 258 g/mol. The number of carbonyl (C=O) groups excluding carboxylic acids is 1. The van der Waals surface area contributed by atoms with Gasteiger partial charge in [-0.3, -0.25) is 0 Å². The maximum Gasteiger partial charge on any atom is 0.376 e. The van der Waals surface area contributed by atoms with E-state index in [1.54, 1.807) is 13.0 Å². The first-order chi connectivity index (χ1) is 9.63. The third kappa shape index (κ3) is 3.45. The molecule has 0 spiro atoms. The van der Waals surface area contributed by atoms with Crippen LogP contribution in [0.3, 0.4) is 0 Å². The molecule has 1 heterocycles. The molecule has 2 atom stereocenters. The van der Waals surface area contributed by atoms with Gasteiger partial charge in [0.05, 0.1) is 13.7 Å². The lowest BCUT2D eigenvalue weighted by atomic mass is 9.97. The van der Waals surface area contributed by atoms with Gasteiger partial charge in [0.25, 0.3) is 0 Å². The van der Waals surface area contributed by atoms with E-state index in [0.29, 0.717) is 36.6 Å². The van der Waals surface area contributed by atoms with Gasteiger partial charge in [-0.15, -0.1) is 0 Å². The molecule has 1 aliphatic carbocycles. The molecule has 0 amide bonds. The topological polar surface area (TPSA) is 87.3 Å². The minimum absolute atomic E-state index is 0.0318. The van der Waals surface area contributed by atoms with Gasteiger partial charge in [0.1, 0.15) is 0 Å². The molecule has 2 N–H and O–H groups in total. The Hall–Kier alpha value is -1.69. The number of hydrogen-bond acceptors (Lipinski definition) is 6. The van der Waals surface area contributed by atoms with Crippen LogP contribution in [0.2, 0.25) is 0 Å². The van der Waals surface area contributed by atoms with Gasteiger partial charge in [-0.25, -0.2) is 9.78 Å². The van der Waals surface area contributed by atoms with Crippen molar-refractivity contribution in [3.63, 3.8) is 0 Å². The molecule has 20 heavy (non-hydrogen) atoms. The minimum atomic E-state index is -0.556. The summed E-state index contributed by atoms with van der Waals surface area (Å²) in [7, 11) is 1.30. The van der Waals surface area contributed by atoms with E-state index in [2.05, 4.69) is 14.7 Å². The highest BCUT2D eigenvalue weighted by molar-refractivity contribution is 5.85. The summed E-state index contributed by atoms with van der Waals surface area (Å²) in [5.41, 5.74) is 6.43. The molecule has 1 saturated carbocycles. The second-order valence-electron chi connectivity index (χ2n) is 5.16. The second-order valence-corrected chi connectivity index (χ2v) is 5.16. The van der Waals surface area contributed by atoms with Crippen molar-refractivity contribution in [2.24, 2.45) is 17.6 Å². The number of methoxy groups -OCH3 is 1. The van der Waals surface area contributed by atoms with Crippen molar-refractivity contribution in [2.45, 2.75) is 26.2 Å². The van der Waals surface area contributed by atoms with Crippen LogP contribution in [-0.2, 0) is 4.74 Å². The van der Waals surface area contributed by atoms with Gasteiger partial charge in [-0.05, 0) is 38.1 Å². The number of rotatable bonds is 5. The van der Waals surface area contributed by atoms with Gasteiger partial charge in [0.2, 0.25) is 11.7 Å². The van der Waals surface area contributed by atoms with E-state index < -0.39 is 5.97 Å². The zero-order valence-corrected chi connectivity index (χ0v) is 12.0. The lowest BCUT2D eigenvalue weighted by Gasteiger charge is -2.18. The standard InChI is InChI=1S/C14H21N3O3/c1-9-6-12(17-13(16-9)14(18)19-2)20-8-11-5-3-4-10(11)7-15/h6,10-11H,3-5,7-8,15H2,1-2H3. The van der Waals surface area contributed by atoms with Crippen LogP contribution >= 0.6 is 0 Å². The summed E-state index contributed by atoms with van der Waals surface area (Å²) in [6.07, 6.45) is 3.50. The van der Waals surface area contributed by atoms with Crippen molar-refractivity contribution >= 4 is 5.97 Å². The molecular formula is C14H21N3O3. The maximum atomic E-state index is 11.5. The number of nitrogens with two attached hydrogens (primary N) is 1. The van der Waals surface area contributed by atoms with Crippen molar-refractivity contribution in [1.82, 2.24) is 9.97 Å². The molecule has 6 nitrogen and oxygen atoms in total. The summed E-state index contributed by atoms with van der Waals surface area (Å²) in [5, 5.41) is 0. The Kier molecular flexibility index (Phi) is 4.89. The summed E-state index contributed by atoms with van der Waals surface area (Å²) in [4.78, 5) is 19.6. The van der Waals surface area contributed by atoms with Crippen LogP contribution in [0.1, 0.15) is 35.6 Å².